The zero-order valence-electron chi connectivity index (χ0n) is 5.51. The number of thiol groups is 1. The Labute approximate surface area is 79.2 Å². The molecule has 0 aliphatic carbocycles. The Kier molecular flexibility index (Phi) is 3.81. The third-order valence-electron chi connectivity index (χ3n) is 1.25. The van der Waals surface area contributed by atoms with Crippen LogP contribution in [0.4, 0.5) is 0 Å². The fraction of sp³-hybridized carbons (Fsp3) is 0.429. The molecule has 0 bridgehead atoms. The fourth-order valence-electron chi connectivity index (χ4n) is 0.743. The SMILES string of the molecule is SCCCc1sccc1Br. The highest BCUT2D eigenvalue weighted by molar-refractivity contribution is 9.10. The second-order valence-electron chi connectivity index (χ2n) is 2.02. The van der Waals surface area contributed by atoms with Crippen molar-refractivity contribution in [2.75, 3.05) is 5.75 Å². The van der Waals surface area contributed by atoms with Crippen molar-refractivity contribution >= 4 is 39.9 Å². The molecular formula is C7H9BrS2. The number of thiophene rings is 1. The first-order chi connectivity index (χ1) is 4.84. The molecule has 0 saturated carbocycles. The lowest BCUT2D eigenvalue weighted by Gasteiger charge is -1.93. The lowest BCUT2D eigenvalue weighted by Crippen LogP contribution is -1.81. The smallest absolute Gasteiger partial charge is 0.0314 e. The molecule has 0 amide bonds. The highest BCUT2D eigenvalue weighted by atomic mass is 79.9. The van der Waals surface area contributed by atoms with Crippen molar-refractivity contribution in [1.29, 1.82) is 0 Å². The van der Waals surface area contributed by atoms with Gasteiger partial charge in [0.15, 0.2) is 0 Å². The van der Waals surface area contributed by atoms with Crippen molar-refractivity contribution in [3.8, 4) is 0 Å². The Balaban J connectivity index is 2.49. The van der Waals surface area contributed by atoms with E-state index in [1.807, 2.05) is 11.3 Å². The Morgan fingerprint density at radius 2 is 2.40 bits per heavy atom. The van der Waals surface area contributed by atoms with Gasteiger partial charge in [-0.05, 0) is 46.0 Å². The van der Waals surface area contributed by atoms with Gasteiger partial charge < -0.3 is 0 Å². The Morgan fingerprint density at radius 1 is 1.60 bits per heavy atom. The van der Waals surface area contributed by atoms with Gasteiger partial charge in [0, 0.05) is 9.35 Å². The molecule has 0 aliphatic heterocycles. The quantitative estimate of drug-likeness (QED) is 0.765. The van der Waals surface area contributed by atoms with Crippen LogP contribution in [0.15, 0.2) is 15.9 Å². The largest absolute Gasteiger partial charge is 0.179 e. The highest BCUT2D eigenvalue weighted by Gasteiger charge is 1.98. The van der Waals surface area contributed by atoms with Crippen LogP contribution in [0, 0.1) is 0 Å². The van der Waals surface area contributed by atoms with E-state index in [1.165, 1.54) is 15.8 Å². The first-order valence-electron chi connectivity index (χ1n) is 3.17. The summed E-state index contributed by atoms with van der Waals surface area (Å²) in [5.41, 5.74) is 0. The maximum absolute atomic E-state index is 4.16. The summed E-state index contributed by atoms with van der Waals surface area (Å²) in [5.74, 6) is 0.977. The van der Waals surface area contributed by atoms with Crippen LogP contribution < -0.4 is 0 Å². The maximum atomic E-state index is 4.16. The van der Waals surface area contributed by atoms with Crippen molar-refractivity contribution in [1.82, 2.24) is 0 Å². The predicted octanol–water partition coefficient (Wildman–Crippen LogP) is 3.37. The van der Waals surface area contributed by atoms with Gasteiger partial charge in [-0.2, -0.15) is 12.6 Å². The van der Waals surface area contributed by atoms with E-state index in [0.717, 1.165) is 12.2 Å². The molecule has 0 atom stereocenters. The molecule has 56 valence electrons. The lowest BCUT2D eigenvalue weighted by molar-refractivity contribution is 0.951. The molecule has 0 spiro atoms. The van der Waals surface area contributed by atoms with Crippen molar-refractivity contribution in [3.05, 3.63) is 20.8 Å². The molecule has 0 unspecified atom stereocenters. The van der Waals surface area contributed by atoms with Gasteiger partial charge in [0.1, 0.15) is 0 Å². The molecule has 10 heavy (non-hydrogen) atoms. The van der Waals surface area contributed by atoms with Gasteiger partial charge in [-0.15, -0.1) is 11.3 Å². The van der Waals surface area contributed by atoms with Gasteiger partial charge in [0.25, 0.3) is 0 Å². The van der Waals surface area contributed by atoms with E-state index in [2.05, 4.69) is 40.0 Å². The van der Waals surface area contributed by atoms with Crippen molar-refractivity contribution in [3.63, 3.8) is 0 Å². The average molecular weight is 237 g/mol. The van der Waals surface area contributed by atoms with Crippen LogP contribution in [0.2, 0.25) is 0 Å². The number of hydrogen-bond acceptors (Lipinski definition) is 2. The molecule has 1 rings (SSSR count). The fourth-order valence-corrected chi connectivity index (χ4v) is 2.50. The highest BCUT2D eigenvalue weighted by Crippen LogP contribution is 2.23. The van der Waals surface area contributed by atoms with Gasteiger partial charge in [0.05, 0.1) is 0 Å². The van der Waals surface area contributed by atoms with E-state index in [1.54, 1.807) is 0 Å². The molecule has 1 heterocycles. The predicted molar refractivity (Wildman–Crippen MR) is 54.2 cm³/mol. The summed E-state index contributed by atoms with van der Waals surface area (Å²) >= 11 is 9.45. The van der Waals surface area contributed by atoms with E-state index in [4.69, 9.17) is 0 Å². The summed E-state index contributed by atoms with van der Waals surface area (Å²) in [7, 11) is 0. The molecule has 0 aliphatic rings. The van der Waals surface area contributed by atoms with E-state index in [9.17, 15) is 0 Å². The van der Waals surface area contributed by atoms with E-state index >= 15 is 0 Å². The molecule has 1 aromatic rings. The number of rotatable bonds is 3. The maximum Gasteiger partial charge on any atom is 0.0314 e. The minimum atomic E-state index is 0.977. The third kappa shape index (κ3) is 2.29. The molecule has 0 N–H and O–H groups in total. The van der Waals surface area contributed by atoms with Crippen LogP contribution in [0.5, 0.6) is 0 Å². The zero-order valence-corrected chi connectivity index (χ0v) is 8.81. The van der Waals surface area contributed by atoms with Crippen LogP contribution in [-0.2, 0) is 6.42 Å². The number of aryl methyl sites for hydroxylation is 1. The van der Waals surface area contributed by atoms with Crippen molar-refractivity contribution in [2.24, 2.45) is 0 Å². The molecule has 1 aromatic heterocycles. The lowest BCUT2D eigenvalue weighted by atomic mass is 10.3. The Hall–Kier alpha value is 0.530. The summed E-state index contributed by atoms with van der Waals surface area (Å²) in [6.45, 7) is 0. The monoisotopic (exact) mass is 236 g/mol. The first-order valence-corrected chi connectivity index (χ1v) is 5.48. The van der Waals surface area contributed by atoms with Crippen LogP contribution in [0.3, 0.4) is 0 Å². The van der Waals surface area contributed by atoms with Crippen LogP contribution >= 0.6 is 39.9 Å². The molecule has 0 nitrogen and oxygen atoms in total. The number of halogens is 1. The Morgan fingerprint density at radius 3 is 2.90 bits per heavy atom. The van der Waals surface area contributed by atoms with E-state index < -0.39 is 0 Å². The molecule has 0 saturated heterocycles. The van der Waals surface area contributed by atoms with Gasteiger partial charge >= 0.3 is 0 Å². The number of hydrogen-bond donors (Lipinski definition) is 1. The van der Waals surface area contributed by atoms with Crippen LogP contribution in [0.1, 0.15) is 11.3 Å². The molecule has 0 radical (unpaired) electrons. The summed E-state index contributed by atoms with van der Waals surface area (Å²) in [5, 5.41) is 2.11. The van der Waals surface area contributed by atoms with Gasteiger partial charge in [-0.25, -0.2) is 0 Å². The standard InChI is InChI=1S/C7H9BrS2/c8-6-3-5-10-7(6)2-1-4-9/h3,5,9H,1-2,4H2. The van der Waals surface area contributed by atoms with Crippen LogP contribution in [-0.4, -0.2) is 5.75 Å². The zero-order chi connectivity index (χ0) is 7.40. The third-order valence-corrected chi connectivity index (χ3v) is 3.56. The van der Waals surface area contributed by atoms with Crippen LogP contribution in [0.25, 0.3) is 0 Å². The average Bonchev–Trinajstić information content (AvgIpc) is 2.31. The van der Waals surface area contributed by atoms with Crippen molar-refractivity contribution < 1.29 is 0 Å². The second kappa shape index (κ2) is 4.42. The van der Waals surface area contributed by atoms with Crippen molar-refractivity contribution in [2.45, 2.75) is 12.8 Å². The van der Waals surface area contributed by atoms with Gasteiger partial charge in [-0.3, -0.25) is 0 Å². The topological polar surface area (TPSA) is 0 Å². The van der Waals surface area contributed by atoms with E-state index in [-0.39, 0.29) is 0 Å². The van der Waals surface area contributed by atoms with Gasteiger partial charge in [0.2, 0.25) is 0 Å². The summed E-state index contributed by atoms with van der Waals surface area (Å²) in [6.07, 6.45) is 2.32. The van der Waals surface area contributed by atoms with Gasteiger partial charge in [-0.1, -0.05) is 0 Å². The molecule has 3 heteroatoms. The molecule has 0 aromatic carbocycles. The van der Waals surface area contributed by atoms with E-state index in [0.29, 0.717) is 0 Å². The first kappa shape index (κ1) is 8.62. The molecule has 0 fully saturated rings. The summed E-state index contributed by atoms with van der Waals surface area (Å²) in [6, 6.07) is 2.10. The second-order valence-corrected chi connectivity index (χ2v) is 4.32. The summed E-state index contributed by atoms with van der Waals surface area (Å²) < 4.78 is 1.25. The minimum Gasteiger partial charge on any atom is -0.179 e. The molecular weight excluding hydrogens is 228 g/mol. The normalized spacial score (nSPS) is 10.2. The summed E-state index contributed by atoms with van der Waals surface area (Å²) in [4.78, 5) is 1.44. The minimum absolute atomic E-state index is 0.977. The Bertz CT molecular complexity index is 195.